The summed E-state index contributed by atoms with van der Waals surface area (Å²) in [4.78, 5) is 11.6. The monoisotopic (exact) mass is 317 g/mol. The third kappa shape index (κ3) is 7.29. The van der Waals surface area contributed by atoms with Crippen molar-refractivity contribution >= 4 is 18.0 Å². The Morgan fingerprint density at radius 1 is 1.09 bits per heavy atom. The minimum absolute atomic E-state index is 0.204. The van der Waals surface area contributed by atoms with E-state index in [1.807, 2.05) is 55.5 Å². The van der Waals surface area contributed by atoms with Crippen LogP contribution in [-0.2, 0) is 21.2 Å². The van der Waals surface area contributed by atoms with Crippen molar-refractivity contribution in [1.29, 1.82) is 0 Å². The van der Waals surface area contributed by atoms with Crippen LogP contribution in [0.15, 0.2) is 54.6 Å². The fourth-order valence-corrected chi connectivity index (χ4v) is 2.42. The number of rotatable bonds is 5. The fraction of sp³-hybridized carbons (Fsp3) is 0.278. The molecule has 0 heterocycles. The Labute approximate surface area is 137 Å². The Bertz CT molecular complexity index is 558. The molecule has 0 aromatic heterocycles. The minimum Gasteiger partial charge on any atom is -0.391 e. The lowest BCUT2D eigenvalue weighted by Crippen LogP contribution is -2.03. The zero-order valence-electron chi connectivity index (χ0n) is 13.1. The van der Waals surface area contributed by atoms with E-state index < -0.39 is 0 Å². The van der Waals surface area contributed by atoms with Crippen LogP contribution in [0, 0.1) is 6.92 Å². The van der Waals surface area contributed by atoms with Crippen molar-refractivity contribution in [2.24, 2.45) is 5.73 Å². The molecule has 0 unspecified atom stereocenters. The first-order valence-electron chi connectivity index (χ1n) is 7.28. The van der Waals surface area contributed by atoms with E-state index in [4.69, 9.17) is 9.92 Å². The van der Waals surface area contributed by atoms with Gasteiger partial charge in [0.25, 0.3) is 0 Å². The molecule has 0 amide bonds. The molecule has 2 N–H and O–H groups in total. The average molecular weight is 317 g/mol. The van der Waals surface area contributed by atoms with Crippen molar-refractivity contribution in [1.82, 2.24) is 0 Å². The second kappa shape index (κ2) is 10.9. The van der Waals surface area contributed by atoms with Crippen LogP contribution in [0.4, 0.5) is 0 Å². The van der Waals surface area contributed by atoms with Gasteiger partial charge >= 0.3 is 5.97 Å². The van der Waals surface area contributed by atoms with Gasteiger partial charge < -0.3 is 9.92 Å². The van der Waals surface area contributed by atoms with Gasteiger partial charge in [-0.3, -0.25) is 4.79 Å². The highest BCUT2D eigenvalue weighted by Crippen LogP contribution is 2.17. The summed E-state index contributed by atoms with van der Waals surface area (Å²) < 4.78 is 5.18. The summed E-state index contributed by atoms with van der Waals surface area (Å²) in [6.45, 7) is 4.71. The van der Waals surface area contributed by atoms with E-state index in [0.29, 0.717) is 12.2 Å². The van der Waals surface area contributed by atoms with Crippen molar-refractivity contribution in [3.05, 3.63) is 71.3 Å². The zero-order chi connectivity index (χ0) is 16.2. The molecule has 4 heteroatoms. The molecule has 0 spiro atoms. The maximum absolute atomic E-state index is 11.6. The van der Waals surface area contributed by atoms with Gasteiger partial charge in [-0.1, -0.05) is 61.5 Å². The zero-order valence-corrected chi connectivity index (χ0v) is 13.9. The summed E-state index contributed by atoms with van der Waals surface area (Å²) in [7, 11) is 0. The summed E-state index contributed by atoms with van der Waals surface area (Å²) in [5.41, 5.74) is 8.23. The van der Waals surface area contributed by atoms with E-state index in [1.165, 1.54) is 23.2 Å². The number of benzene rings is 2. The number of aryl methyl sites for hydroxylation is 1. The Hall–Kier alpha value is -1.78. The first-order chi connectivity index (χ1) is 10.7. The Kier molecular flexibility index (Phi) is 9.03. The van der Waals surface area contributed by atoms with Crippen LogP contribution in [0.25, 0.3) is 0 Å². The molecule has 2 aromatic carbocycles. The average Bonchev–Trinajstić information content (AvgIpc) is 2.51. The van der Waals surface area contributed by atoms with E-state index in [9.17, 15) is 4.79 Å². The molecule has 22 heavy (non-hydrogen) atoms. The molecular weight excluding hydrogens is 294 g/mol. The van der Waals surface area contributed by atoms with Crippen molar-refractivity contribution in [3.8, 4) is 0 Å². The van der Waals surface area contributed by atoms with Crippen molar-refractivity contribution in [3.63, 3.8) is 0 Å². The molecule has 0 aliphatic carbocycles. The molecule has 2 rings (SSSR count). The number of hydrogen-bond donors (Lipinski definition) is 1. The molecule has 118 valence electrons. The van der Waals surface area contributed by atoms with Gasteiger partial charge in [0, 0.05) is 0 Å². The summed E-state index contributed by atoms with van der Waals surface area (Å²) in [6, 6.07) is 17.7. The van der Waals surface area contributed by atoms with Gasteiger partial charge in [0.2, 0.25) is 0 Å². The Morgan fingerprint density at radius 3 is 2.32 bits per heavy atom. The van der Waals surface area contributed by atoms with Gasteiger partial charge in [-0.2, -0.15) is 0 Å². The predicted molar refractivity (Wildman–Crippen MR) is 93.4 cm³/mol. The van der Waals surface area contributed by atoms with Crippen LogP contribution >= 0.6 is 12.0 Å². The summed E-state index contributed by atoms with van der Waals surface area (Å²) in [5.74, 6) is 0.484. The van der Waals surface area contributed by atoms with Crippen LogP contribution in [0.5, 0.6) is 0 Å². The summed E-state index contributed by atoms with van der Waals surface area (Å²) in [6.07, 6.45) is 0.321. The SMILES string of the molecule is CCN.Cc1ccccc1CSOC(=O)Cc1ccccc1. The molecule has 0 aliphatic heterocycles. The molecule has 0 radical (unpaired) electrons. The molecule has 0 aliphatic rings. The molecule has 3 nitrogen and oxygen atoms in total. The molecule has 0 saturated carbocycles. The van der Waals surface area contributed by atoms with Crippen LogP contribution < -0.4 is 5.73 Å². The lowest BCUT2D eigenvalue weighted by atomic mass is 10.1. The number of nitrogens with two attached hydrogens (primary N) is 1. The van der Waals surface area contributed by atoms with Gasteiger partial charge in [-0.05, 0) is 30.2 Å². The van der Waals surface area contributed by atoms with Crippen LogP contribution in [0.2, 0.25) is 0 Å². The van der Waals surface area contributed by atoms with Gasteiger partial charge in [0.15, 0.2) is 0 Å². The first-order valence-corrected chi connectivity index (χ1v) is 8.19. The van der Waals surface area contributed by atoms with Crippen molar-refractivity contribution in [2.45, 2.75) is 26.0 Å². The van der Waals surface area contributed by atoms with E-state index in [-0.39, 0.29) is 5.97 Å². The quantitative estimate of drug-likeness (QED) is 0.850. The van der Waals surface area contributed by atoms with E-state index in [2.05, 4.69) is 13.0 Å². The van der Waals surface area contributed by atoms with Gasteiger partial charge in [0.05, 0.1) is 24.2 Å². The second-order valence-corrected chi connectivity index (χ2v) is 5.41. The highest BCUT2D eigenvalue weighted by atomic mass is 32.2. The maximum Gasteiger partial charge on any atom is 0.322 e. The highest BCUT2D eigenvalue weighted by molar-refractivity contribution is 7.94. The minimum atomic E-state index is -0.204. The lowest BCUT2D eigenvalue weighted by molar-refractivity contribution is -0.132. The maximum atomic E-state index is 11.6. The van der Waals surface area contributed by atoms with E-state index in [0.717, 1.165) is 12.1 Å². The fourth-order valence-electron chi connectivity index (χ4n) is 1.72. The van der Waals surface area contributed by atoms with Crippen LogP contribution in [0.3, 0.4) is 0 Å². The standard InChI is InChI=1S/C16H16O2S.C2H7N/c1-13-7-5-6-10-15(13)12-19-18-16(17)11-14-8-3-2-4-9-14;1-2-3/h2-10H,11-12H2,1H3;2-3H2,1H3. The predicted octanol–water partition coefficient (Wildman–Crippen LogP) is 3.89. The van der Waals surface area contributed by atoms with Crippen LogP contribution in [0.1, 0.15) is 23.6 Å². The lowest BCUT2D eigenvalue weighted by Gasteiger charge is -2.05. The third-order valence-corrected chi connectivity index (χ3v) is 3.55. The Balaban J connectivity index is 0.000000745. The number of hydrogen-bond acceptors (Lipinski definition) is 4. The topological polar surface area (TPSA) is 52.3 Å². The summed E-state index contributed by atoms with van der Waals surface area (Å²) in [5, 5.41) is 0. The molecule has 0 atom stereocenters. The number of carbonyl (C=O) groups is 1. The second-order valence-electron chi connectivity index (χ2n) is 4.71. The van der Waals surface area contributed by atoms with Gasteiger partial charge in [-0.15, -0.1) is 0 Å². The van der Waals surface area contributed by atoms with Crippen molar-refractivity contribution < 1.29 is 8.98 Å². The van der Waals surface area contributed by atoms with E-state index >= 15 is 0 Å². The number of carbonyl (C=O) groups excluding carboxylic acids is 1. The molecule has 0 bridgehead atoms. The molecular formula is C18H23NO2S. The van der Waals surface area contributed by atoms with Gasteiger partial charge in [0.1, 0.15) is 0 Å². The largest absolute Gasteiger partial charge is 0.391 e. The highest BCUT2D eigenvalue weighted by Gasteiger charge is 2.06. The molecule has 0 fully saturated rings. The normalized spacial score (nSPS) is 9.59. The third-order valence-electron chi connectivity index (χ3n) is 2.82. The van der Waals surface area contributed by atoms with Gasteiger partial charge in [-0.25, -0.2) is 0 Å². The molecule has 2 aromatic rings. The smallest absolute Gasteiger partial charge is 0.322 e. The van der Waals surface area contributed by atoms with Crippen molar-refractivity contribution in [2.75, 3.05) is 6.54 Å². The van der Waals surface area contributed by atoms with Crippen LogP contribution in [-0.4, -0.2) is 12.5 Å². The Morgan fingerprint density at radius 2 is 1.68 bits per heavy atom. The first kappa shape index (κ1) is 18.3. The summed E-state index contributed by atoms with van der Waals surface area (Å²) >= 11 is 1.20. The van der Waals surface area contributed by atoms with E-state index in [1.54, 1.807) is 0 Å². The molecule has 0 saturated heterocycles.